The molecule has 2 unspecified atom stereocenters. The Kier molecular flexibility index (Phi) is 3.92. The largest absolute Gasteiger partial charge is 0.305 e. The smallest absolute Gasteiger partial charge is 0.0417 e. The number of hydrogen-bond donors (Lipinski definition) is 1. The van der Waals surface area contributed by atoms with Gasteiger partial charge in [0.15, 0.2) is 0 Å². The number of nitrogens with one attached hydrogen (secondary N) is 1. The van der Waals surface area contributed by atoms with E-state index in [9.17, 15) is 0 Å². The quantitative estimate of drug-likeness (QED) is 0.882. The van der Waals surface area contributed by atoms with E-state index in [1.807, 2.05) is 0 Å². The van der Waals surface area contributed by atoms with Gasteiger partial charge in [-0.15, -0.1) is 0 Å². The highest BCUT2D eigenvalue weighted by atomic mass is 32.2. The molecule has 0 aromatic heterocycles. The van der Waals surface area contributed by atoms with E-state index in [2.05, 4.69) is 53.3 Å². The molecule has 1 N–H and O–H groups in total. The van der Waals surface area contributed by atoms with Gasteiger partial charge in [-0.2, -0.15) is 11.8 Å². The lowest BCUT2D eigenvalue weighted by atomic mass is 9.99. The summed E-state index contributed by atoms with van der Waals surface area (Å²) < 4.78 is 0. The number of fused-ring (bicyclic) bond motifs is 1. The molecule has 2 aliphatic rings. The first-order chi connectivity index (χ1) is 8.83. The molecule has 1 saturated heterocycles. The summed E-state index contributed by atoms with van der Waals surface area (Å²) in [5.41, 5.74) is 3.06. The van der Waals surface area contributed by atoms with Gasteiger partial charge in [-0.1, -0.05) is 24.3 Å². The third-order valence-corrected chi connectivity index (χ3v) is 5.12. The molecule has 2 aliphatic heterocycles. The molecular formula is C15H22N2S. The average Bonchev–Trinajstić information content (AvgIpc) is 2.39. The highest BCUT2D eigenvalue weighted by molar-refractivity contribution is 7.98. The van der Waals surface area contributed by atoms with E-state index in [1.54, 1.807) is 0 Å². The number of nitrogens with zero attached hydrogens (tertiary/aromatic N) is 1. The van der Waals surface area contributed by atoms with Crippen LogP contribution in [0.5, 0.6) is 0 Å². The summed E-state index contributed by atoms with van der Waals surface area (Å²) in [5.74, 6) is 2.40. The van der Waals surface area contributed by atoms with Gasteiger partial charge in [0.25, 0.3) is 0 Å². The zero-order valence-electron chi connectivity index (χ0n) is 11.1. The molecule has 1 fully saturated rings. The molecule has 3 heteroatoms. The normalized spacial score (nSPS) is 28.9. The molecule has 3 rings (SSSR count). The van der Waals surface area contributed by atoms with Gasteiger partial charge in [0.05, 0.1) is 0 Å². The van der Waals surface area contributed by atoms with Crippen LogP contribution in [-0.2, 0) is 5.75 Å². The van der Waals surface area contributed by atoms with Gasteiger partial charge in [-0.3, -0.25) is 0 Å². The van der Waals surface area contributed by atoms with Crippen molar-refractivity contribution in [2.24, 2.45) is 0 Å². The number of thioether (sulfide) groups is 1. The third-order valence-electron chi connectivity index (χ3n) is 4.03. The number of benzene rings is 1. The third kappa shape index (κ3) is 2.73. The van der Waals surface area contributed by atoms with E-state index < -0.39 is 0 Å². The molecule has 2 atom stereocenters. The van der Waals surface area contributed by atoms with E-state index >= 15 is 0 Å². The van der Waals surface area contributed by atoms with Gasteiger partial charge >= 0.3 is 0 Å². The van der Waals surface area contributed by atoms with Crippen LogP contribution < -0.4 is 5.32 Å². The molecule has 0 spiro atoms. The van der Waals surface area contributed by atoms with Gasteiger partial charge < -0.3 is 10.2 Å². The zero-order valence-corrected chi connectivity index (χ0v) is 11.9. The first kappa shape index (κ1) is 12.5. The number of piperidine rings is 1. The second-order valence-electron chi connectivity index (χ2n) is 5.53. The fraction of sp³-hybridized carbons (Fsp3) is 0.600. The molecule has 1 aromatic rings. The predicted molar refractivity (Wildman–Crippen MR) is 79.0 cm³/mol. The van der Waals surface area contributed by atoms with E-state index in [-0.39, 0.29) is 0 Å². The van der Waals surface area contributed by atoms with Crippen molar-refractivity contribution in [2.75, 3.05) is 25.9 Å². The van der Waals surface area contributed by atoms with Crippen molar-refractivity contribution in [1.29, 1.82) is 0 Å². The first-order valence-corrected chi connectivity index (χ1v) is 8.08. The second-order valence-corrected chi connectivity index (χ2v) is 6.56. The highest BCUT2D eigenvalue weighted by Gasteiger charge is 2.24. The predicted octanol–water partition coefficient (Wildman–Crippen LogP) is 2.66. The average molecular weight is 262 g/mol. The minimum absolute atomic E-state index is 0.552. The summed E-state index contributed by atoms with van der Waals surface area (Å²) in [6.45, 7) is 2.46. The van der Waals surface area contributed by atoms with Crippen LogP contribution in [0.3, 0.4) is 0 Å². The van der Waals surface area contributed by atoms with Crippen molar-refractivity contribution in [2.45, 2.75) is 30.7 Å². The lowest BCUT2D eigenvalue weighted by Crippen LogP contribution is -2.46. The number of likely N-dealkylation sites (tertiary alicyclic amines) is 1. The molecule has 2 nitrogen and oxygen atoms in total. The molecule has 0 bridgehead atoms. The Balaban J connectivity index is 1.70. The summed E-state index contributed by atoms with van der Waals surface area (Å²) in [5, 5.41) is 3.88. The van der Waals surface area contributed by atoms with Crippen LogP contribution in [0.25, 0.3) is 0 Å². The van der Waals surface area contributed by atoms with Crippen LogP contribution in [0.2, 0.25) is 0 Å². The summed E-state index contributed by atoms with van der Waals surface area (Å²) in [6.07, 6.45) is 2.66. The van der Waals surface area contributed by atoms with Gasteiger partial charge in [0.2, 0.25) is 0 Å². The fourth-order valence-corrected chi connectivity index (χ4v) is 4.22. The lowest BCUT2D eigenvalue weighted by molar-refractivity contribution is 0.219. The highest BCUT2D eigenvalue weighted by Crippen LogP contribution is 2.32. The SMILES string of the molecule is CN1CCCC(NC2CSCc3ccccc32)C1. The molecular weight excluding hydrogens is 240 g/mol. The number of hydrogen-bond acceptors (Lipinski definition) is 3. The molecule has 0 saturated carbocycles. The maximum absolute atomic E-state index is 3.88. The van der Waals surface area contributed by atoms with E-state index in [0.717, 1.165) is 0 Å². The van der Waals surface area contributed by atoms with Gasteiger partial charge in [-0.25, -0.2) is 0 Å². The standard InChI is InChI=1S/C15H22N2S/c1-17-8-4-6-13(9-17)16-15-11-18-10-12-5-2-3-7-14(12)15/h2-3,5,7,13,15-16H,4,6,8-11H2,1H3. The fourth-order valence-electron chi connectivity index (χ4n) is 3.11. The van der Waals surface area contributed by atoms with Crippen molar-refractivity contribution in [3.63, 3.8) is 0 Å². The topological polar surface area (TPSA) is 15.3 Å². The Hall–Kier alpha value is -0.510. The maximum atomic E-state index is 3.88. The van der Waals surface area contributed by atoms with E-state index in [4.69, 9.17) is 0 Å². The van der Waals surface area contributed by atoms with Crippen LogP contribution in [0, 0.1) is 0 Å². The first-order valence-electron chi connectivity index (χ1n) is 6.93. The van der Waals surface area contributed by atoms with Gasteiger partial charge in [0.1, 0.15) is 0 Å². The Morgan fingerprint density at radius 1 is 1.33 bits per heavy atom. The summed E-state index contributed by atoms with van der Waals surface area (Å²) in [6, 6.07) is 10.1. The Labute approximate surface area is 114 Å². The molecule has 0 radical (unpaired) electrons. The Morgan fingerprint density at radius 3 is 3.11 bits per heavy atom. The minimum Gasteiger partial charge on any atom is -0.305 e. The number of rotatable bonds is 2. The molecule has 98 valence electrons. The molecule has 18 heavy (non-hydrogen) atoms. The lowest BCUT2D eigenvalue weighted by Gasteiger charge is -2.35. The second kappa shape index (κ2) is 5.64. The van der Waals surface area contributed by atoms with E-state index in [0.29, 0.717) is 12.1 Å². The molecule has 0 aliphatic carbocycles. The van der Waals surface area contributed by atoms with Crippen LogP contribution >= 0.6 is 11.8 Å². The summed E-state index contributed by atoms with van der Waals surface area (Å²) in [7, 11) is 2.23. The minimum atomic E-state index is 0.552. The van der Waals surface area contributed by atoms with Crippen LogP contribution in [0.15, 0.2) is 24.3 Å². The van der Waals surface area contributed by atoms with Crippen molar-refractivity contribution >= 4 is 11.8 Å². The van der Waals surface area contributed by atoms with Gasteiger partial charge in [0, 0.05) is 30.1 Å². The maximum Gasteiger partial charge on any atom is 0.0417 e. The van der Waals surface area contributed by atoms with Crippen molar-refractivity contribution < 1.29 is 0 Å². The summed E-state index contributed by atoms with van der Waals surface area (Å²) >= 11 is 2.06. The van der Waals surface area contributed by atoms with Crippen LogP contribution in [0.4, 0.5) is 0 Å². The number of likely N-dealkylation sites (N-methyl/N-ethyl adjacent to an activating group) is 1. The van der Waals surface area contributed by atoms with Crippen LogP contribution in [-0.4, -0.2) is 36.8 Å². The monoisotopic (exact) mass is 262 g/mol. The zero-order chi connectivity index (χ0) is 12.4. The molecule has 0 amide bonds. The van der Waals surface area contributed by atoms with Gasteiger partial charge in [-0.05, 0) is 37.6 Å². The Bertz CT molecular complexity index is 407. The molecule has 2 heterocycles. The van der Waals surface area contributed by atoms with Crippen molar-refractivity contribution in [3.05, 3.63) is 35.4 Å². The van der Waals surface area contributed by atoms with Crippen molar-refractivity contribution in [3.8, 4) is 0 Å². The van der Waals surface area contributed by atoms with Crippen molar-refractivity contribution in [1.82, 2.24) is 10.2 Å². The van der Waals surface area contributed by atoms with Crippen LogP contribution in [0.1, 0.15) is 30.0 Å². The molecule has 1 aromatic carbocycles. The summed E-state index contributed by atoms with van der Waals surface area (Å²) in [4.78, 5) is 2.45. The Morgan fingerprint density at radius 2 is 2.22 bits per heavy atom. The van der Waals surface area contributed by atoms with E-state index in [1.165, 1.54) is 48.6 Å².